The van der Waals surface area contributed by atoms with Crippen LogP contribution in [-0.2, 0) is 0 Å². The zero-order valence-electron chi connectivity index (χ0n) is 18.3. The first-order valence-corrected chi connectivity index (χ1v) is 10.2. The van der Waals surface area contributed by atoms with Crippen molar-refractivity contribution in [2.24, 2.45) is 0 Å². The number of carbonyl (C=O) groups is 1. The van der Waals surface area contributed by atoms with Crippen molar-refractivity contribution < 1.29 is 9.90 Å². The number of amides is 1. The summed E-state index contributed by atoms with van der Waals surface area (Å²) in [4.78, 5) is 35.6. The predicted octanol–water partition coefficient (Wildman–Crippen LogP) is 3.14. The first-order chi connectivity index (χ1) is 14.8. The maximum Gasteiger partial charge on any atom is 0.345 e. The number of nitrogens with zero attached hydrogens (tertiary/aromatic N) is 3. The summed E-state index contributed by atoms with van der Waals surface area (Å²) in [5, 5.41) is 9.74. The van der Waals surface area contributed by atoms with Crippen LogP contribution in [-0.4, -0.2) is 64.5 Å². The molecule has 0 bridgehead atoms. The minimum atomic E-state index is -0.459. The quantitative estimate of drug-likeness (QED) is 0.613. The summed E-state index contributed by atoms with van der Waals surface area (Å²) >= 11 is 0. The summed E-state index contributed by atoms with van der Waals surface area (Å²) in [5.41, 5.74) is 3.51. The Morgan fingerprint density at radius 2 is 1.71 bits per heavy atom. The second kappa shape index (κ2) is 9.57. The monoisotopic (exact) mass is 420 g/mol. The second-order valence-electron chi connectivity index (χ2n) is 7.75. The van der Waals surface area contributed by atoms with Crippen molar-refractivity contribution in [2.75, 3.05) is 33.7 Å². The van der Waals surface area contributed by atoms with Gasteiger partial charge in [-0.2, -0.15) is 4.98 Å². The van der Waals surface area contributed by atoms with Gasteiger partial charge in [0.1, 0.15) is 5.75 Å². The van der Waals surface area contributed by atoms with E-state index >= 15 is 0 Å². The Balaban J connectivity index is 1.87. The number of likely N-dealkylation sites (N-methyl/N-ethyl adjacent to an activating group) is 2. The van der Waals surface area contributed by atoms with Gasteiger partial charge in [0.15, 0.2) is 0 Å². The van der Waals surface area contributed by atoms with Gasteiger partial charge in [0, 0.05) is 30.8 Å². The number of hydrogen-bond acceptors (Lipinski definition) is 5. The van der Waals surface area contributed by atoms with Crippen molar-refractivity contribution in [3.05, 3.63) is 70.1 Å². The van der Waals surface area contributed by atoms with Gasteiger partial charge in [-0.1, -0.05) is 12.1 Å². The molecule has 2 N–H and O–H groups in total. The molecule has 0 saturated heterocycles. The fourth-order valence-corrected chi connectivity index (χ4v) is 3.27. The Morgan fingerprint density at radius 1 is 1.03 bits per heavy atom. The van der Waals surface area contributed by atoms with Gasteiger partial charge >= 0.3 is 5.69 Å². The van der Waals surface area contributed by atoms with Crippen molar-refractivity contribution in [3.8, 4) is 28.3 Å². The van der Waals surface area contributed by atoms with Crippen LogP contribution in [0.15, 0.2) is 53.3 Å². The number of phenols is 1. The first-order valence-electron chi connectivity index (χ1n) is 10.2. The average Bonchev–Trinajstić information content (AvgIpc) is 2.75. The standard InChI is InChI=1S/C24H28N4O3/c1-5-28(13-12-27(3)4)23(30)18-8-6-17(7-9-18)20-15-21(26-24(31)25-20)19-10-11-22(29)16(2)14-19/h6-11,14-15,29H,5,12-13H2,1-4H3,(H,25,26,31). The Labute approximate surface area is 182 Å². The van der Waals surface area contributed by atoms with Gasteiger partial charge in [-0.05, 0) is 75.5 Å². The van der Waals surface area contributed by atoms with E-state index in [9.17, 15) is 14.7 Å². The number of H-pyrrole nitrogens is 1. The number of aromatic hydroxyl groups is 1. The zero-order chi connectivity index (χ0) is 22.5. The molecule has 0 aliphatic carbocycles. The van der Waals surface area contributed by atoms with Crippen LogP contribution in [0.5, 0.6) is 5.75 Å². The van der Waals surface area contributed by atoms with Gasteiger partial charge in [0.2, 0.25) is 0 Å². The number of benzene rings is 2. The predicted molar refractivity (Wildman–Crippen MR) is 122 cm³/mol. The second-order valence-corrected chi connectivity index (χ2v) is 7.75. The lowest BCUT2D eigenvalue weighted by molar-refractivity contribution is 0.0754. The number of phenolic OH excluding ortho intramolecular Hbond substituents is 1. The molecule has 1 aromatic heterocycles. The van der Waals surface area contributed by atoms with Gasteiger partial charge in [-0.15, -0.1) is 0 Å². The number of aryl methyl sites for hydroxylation is 1. The van der Waals surface area contributed by atoms with Crippen LogP contribution in [0.3, 0.4) is 0 Å². The van der Waals surface area contributed by atoms with Crippen LogP contribution >= 0.6 is 0 Å². The van der Waals surface area contributed by atoms with E-state index in [-0.39, 0.29) is 11.7 Å². The molecule has 0 aliphatic rings. The smallest absolute Gasteiger partial charge is 0.345 e. The van der Waals surface area contributed by atoms with E-state index in [4.69, 9.17) is 0 Å². The third-order valence-electron chi connectivity index (χ3n) is 5.17. The molecule has 7 heteroatoms. The maximum absolute atomic E-state index is 12.8. The van der Waals surface area contributed by atoms with Crippen molar-refractivity contribution in [1.29, 1.82) is 0 Å². The molecule has 162 valence electrons. The van der Waals surface area contributed by atoms with Crippen molar-refractivity contribution in [2.45, 2.75) is 13.8 Å². The Bertz CT molecular complexity index is 1120. The van der Waals surface area contributed by atoms with Crippen molar-refractivity contribution >= 4 is 5.91 Å². The topological polar surface area (TPSA) is 89.5 Å². The molecule has 0 atom stereocenters. The average molecular weight is 421 g/mol. The molecular weight excluding hydrogens is 392 g/mol. The highest BCUT2D eigenvalue weighted by molar-refractivity contribution is 5.94. The number of hydrogen-bond donors (Lipinski definition) is 2. The van der Waals surface area contributed by atoms with Crippen molar-refractivity contribution in [1.82, 2.24) is 19.8 Å². The highest BCUT2D eigenvalue weighted by Gasteiger charge is 2.15. The van der Waals surface area contributed by atoms with Gasteiger partial charge in [0.25, 0.3) is 5.91 Å². The number of rotatable bonds is 7. The number of carbonyl (C=O) groups excluding carboxylic acids is 1. The van der Waals surface area contributed by atoms with E-state index in [1.807, 2.05) is 43.0 Å². The van der Waals surface area contributed by atoms with Gasteiger partial charge < -0.3 is 19.9 Å². The van der Waals surface area contributed by atoms with E-state index in [1.165, 1.54) is 0 Å². The Kier molecular flexibility index (Phi) is 6.87. The maximum atomic E-state index is 12.8. The molecule has 0 fully saturated rings. The van der Waals surface area contributed by atoms with Crippen LogP contribution in [0.25, 0.3) is 22.5 Å². The molecule has 3 aromatic rings. The SMILES string of the molecule is CCN(CCN(C)C)C(=O)c1ccc(-c2cc(-c3ccc(O)c(C)c3)nc(=O)[nH]2)cc1. The van der Waals surface area contributed by atoms with E-state index in [0.717, 1.165) is 17.7 Å². The summed E-state index contributed by atoms with van der Waals surface area (Å²) in [6.45, 7) is 5.87. The largest absolute Gasteiger partial charge is 0.508 e. The molecule has 1 heterocycles. The van der Waals surface area contributed by atoms with Crippen LogP contribution in [0, 0.1) is 6.92 Å². The van der Waals surface area contributed by atoms with E-state index in [0.29, 0.717) is 35.6 Å². The van der Waals surface area contributed by atoms with Crippen LogP contribution in [0.2, 0.25) is 0 Å². The molecular formula is C24H28N4O3. The Morgan fingerprint density at radius 3 is 2.32 bits per heavy atom. The summed E-state index contributed by atoms with van der Waals surface area (Å²) in [6, 6.07) is 14.1. The van der Waals surface area contributed by atoms with Gasteiger partial charge in [-0.25, -0.2) is 4.79 Å². The third-order valence-corrected chi connectivity index (χ3v) is 5.17. The highest BCUT2D eigenvalue weighted by Crippen LogP contribution is 2.26. The van der Waals surface area contributed by atoms with E-state index in [1.54, 1.807) is 43.3 Å². The molecule has 0 radical (unpaired) electrons. The molecule has 7 nitrogen and oxygen atoms in total. The fraction of sp³-hybridized carbons (Fsp3) is 0.292. The number of aromatic nitrogens is 2. The van der Waals surface area contributed by atoms with Crippen LogP contribution in [0.4, 0.5) is 0 Å². The Hall–Kier alpha value is -3.45. The molecule has 31 heavy (non-hydrogen) atoms. The minimum Gasteiger partial charge on any atom is -0.508 e. The summed E-state index contributed by atoms with van der Waals surface area (Å²) in [6.07, 6.45) is 0. The number of aromatic amines is 1. The first kappa shape index (κ1) is 22.2. The van der Waals surface area contributed by atoms with E-state index < -0.39 is 5.69 Å². The highest BCUT2D eigenvalue weighted by atomic mass is 16.3. The van der Waals surface area contributed by atoms with Gasteiger partial charge in [-0.3, -0.25) is 4.79 Å². The molecule has 0 saturated carbocycles. The normalized spacial score (nSPS) is 11.0. The molecule has 0 aliphatic heterocycles. The molecule has 3 rings (SSSR count). The molecule has 2 aromatic carbocycles. The summed E-state index contributed by atoms with van der Waals surface area (Å²) < 4.78 is 0. The van der Waals surface area contributed by atoms with Crippen molar-refractivity contribution in [3.63, 3.8) is 0 Å². The lowest BCUT2D eigenvalue weighted by Crippen LogP contribution is -2.36. The summed E-state index contributed by atoms with van der Waals surface area (Å²) in [7, 11) is 3.96. The number of nitrogens with one attached hydrogen (secondary N) is 1. The van der Waals surface area contributed by atoms with Gasteiger partial charge in [0.05, 0.1) is 11.4 Å². The molecule has 1 amide bonds. The summed E-state index contributed by atoms with van der Waals surface area (Å²) in [5.74, 6) is 0.181. The fourth-order valence-electron chi connectivity index (χ4n) is 3.27. The zero-order valence-corrected chi connectivity index (χ0v) is 18.3. The molecule has 0 unspecified atom stereocenters. The van der Waals surface area contributed by atoms with Crippen LogP contribution < -0.4 is 5.69 Å². The van der Waals surface area contributed by atoms with Crippen LogP contribution in [0.1, 0.15) is 22.8 Å². The lowest BCUT2D eigenvalue weighted by Gasteiger charge is -2.23. The lowest BCUT2D eigenvalue weighted by atomic mass is 10.0. The third kappa shape index (κ3) is 5.38. The minimum absolute atomic E-state index is 0.0145. The molecule has 0 spiro atoms. The van der Waals surface area contributed by atoms with E-state index in [2.05, 4.69) is 9.97 Å².